The van der Waals surface area contributed by atoms with Crippen LogP contribution in [0.4, 0.5) is 5.69 Å². The largest absolute Gasteiger partial charge is 0.366 e. The lowest BCUT2D eigenvalue weighted by Gasteiger charge is -2.23. The van der Waals surface area contributed by atoms with Crippen LogP contribution in [0.15, 0.2) is 24.3 Å². The van der Waals surface area contributed by atoms with Crippen molar-refractivity contribution in [1.82, 2.24) is 10.6 Å². The summed E-state index contributed by atoms with van der Waals surface area (Å²) in [5.41, 5.74) is 0.966. The first-order valence-corrected chi connectivity index (χ1v) is 7.22. The highest BCUT2D eigenvalue weighted by Crippen LogP contribution is 2.15. The predicted molar refractivity (Wildman–Crippen MR) is 80.3 cm³/mol. The van der Waals surface area contributed by atoms with Crippen molar-refractivity contribution in [3.8, 4) is 0 Å². The minimum Gasteiger partial charge on any atom is -0.366 e. The maximum Gasteiger partial charge on any atom is 0.254 e. The van der Waals surface area contributed by atoms with Crippen LogP contribution in [0, 0.1) is 0 Å². The van der Waals surface area contributed by atoms with Gasteiger partial charge >= 0.3 is 0 Å². The average Bonchev–Trinajstić information content (AvgIpc) is 2.54. The second-order valence-electron chi connectivity index (χ2n) is 4.85. The van der Waals surface area contributed by atoms with E-state index in [-0.39, 0.29) is 11.8 Å². The number of carbonyl (C=O) groups excluding carboxylic acids is 2. The minimum absolute atomic E-state index is 0.185. The number of hydrogen-bond acceptors (Lipinski definition) is 4. The summed E-state index contributed by atoms with van der Waals surface area (Å²) in [4.78, 5) is 24.2. The third kappa shape index (κ3) is 4.27. The van der Waals surface area contributed by atoms with Crippen molar-refractivity contribution < 1.29 is 14.3 Å². The summed E-state index contributed by atoms with van der Waals surface area (Å²) in [6.45, 7) is 4.34. The molecule has 2 rings (SSSR count). The molecule has 114 valence electrons. The standard InChI is InChI=1S/C15H21N3O3/c1-2-7-17-14(19)11-5-3-4-6-12(11)18-15(20)13-10-16-8-9-21-13/h3-6,13,16H,2,7-10H2,1H3,(H,17,19)(H,18,20). The molecule has 6 heteroatoms. The molecule has 1 saturated heterocycles. The zero-order chi connectivity index (χ0) is 15.1. The molecule has 0 aliphatic carbocycles. The van der Waals surface area contributed by atoms with Gasteiger partial charge in [-0.25, -0.2) is 0 Å². The van der Waals surface area contributed by atoms with Gasteiger partial charge in [0.05, 0.1) is 17.9 Å². The molecule has 1 atom stereocenters. The third-order valence-corrected chi connectivity index (χ3v) is 3.19. The number of para-hydroxylation sites is 1. The second-order valence-corrected chi connectivity index (χ2v) is 4.85. The third-order valence-electron chi connectivity index (χ3n) is 3.19. The summed E-state index contributed by atoms with van der Waals surface area (Å²) >= 11 is 0. The topological polar surface area (TPSA) is 79.5 Å². The summed E-state index contributed by atoms with van der Waals surface area (Å²) in [7, 11) is 0. The van der Waals surface area contributed by atoms with Gasteiger partial charge in [-0.2, -0.15) is 0 Å². The minimum atomic E-state index is -0.523. The monoisotopic (exact) mass is 291 g/mol. The Morgan fingerprint density at radius 1 is 1.38 bits per heavy atom. The fourth-order valence-corrected chi connectivity index (χ4v) is 2.07. The SMILES string of the molecule is CCCNC(=O)c1ccccc1NC(=O)C1CNCCO1. The lowest BCUT2D eigenvalue weighted by Crippen LogP contribution is -2.45. The Balaban J connectivity index is 2.05. The summed E-state index contributed by atoms with van der Waals surface area (Å²) in [6, 6.07) is 6.97. The van der Waals surface area contributed by atoms with E-state index in [0.717, 1.165) is 13.0 Å². The Morgan fingerprint density at radius 2 is 2.19 bits per heavy atom. The highest BCUT2D eigenvalue weighted by atomic mass is 16.5. The van der Waals surface area contributed by atoms with Crippen LogP contribution in [0.3, 0.4) is 0 Å². The van der Waals surface area contributed by atoms with E-state index in [4.69, 9.17) is 4.74 Å². The summed E-state index contributed by atoms with van der Waals surface area (Å²) < 4.78 is 5.40. The Hall–Kier alpha value is -1.92. The van der Waals surface area contributed by atoms with Gasteiger partial charge in [0.2, 0.25) is 0 Å². The van der Waals surface area contributed by atoms with Crippen LogP contribution in [0.1, 0.15) is 23.7 Å². The molecule has 1 fully saturated rings. The summed E-state index contributed by atoms with van der Waals surface area (Å²) in [5.74, 6) is -0.423. The van der Waals surface area contributed by atoms with Gasteiger partial charge in [-0.1, -0.05) is 19.1 Å². The van der Waals surface area contributed by atoms with E-state index in [9.17, 15) is 9.59 Å². The molecule has 21 heavy (non-hydrogen) atoms. The number of anilines is 1. The van der Waals surface area contributed by atoms with Crippen molar-refractivity contribution >= 4 is 17.5 Å². The van der Waals surface area contributed by atoms with Gasteiger partial charge in [0.1, 0.15) is 6.10 Å². The van der Waals surface area contributed by atoms with Crippen molar-refractivity contribution in [2.24, 2.45) is 0 Å². The van der Waals surface area contributed by atoms with Crippen LogP contribution in [0.2, 0.25) is 0 Å². The van der Waals surface area contributed by atoms with Crippen LogP contribution in [0.5, 0.6) is 0 Å². The molecule has 1 aliphatic rings. The smallest absolute Gasteiger partial charge is 0.254 e. The van der Waals surface area contributed by atoms with Gasteiger partial charge < -0.3 is 20.7 Å². The lowest BCUT2D eigenvalue weighted by atomic mass is 10.1. The number of rotatable bonds is 5. The van der Waals surface area contributed by atoms with Crippen molar-refractivity contribution in [3.63, 3.8) is 0 Å². The molecule has 0 radical (unpaired) electrons. The van der Waals surface area contributed by atoms with E-state index in [0.29, 0.717) is 30.9 Å². The van der Waals surface area contributed by atoms with E-state index in [1.54, 1.807) is 24.3 Å². The fraction of sp³-hybridized carbons (Fsp3) is 0.467. The molecule has 1 aromatic carbocycles. The number of ether oxygens (including phenoxy) is 1. The van der Waals surface area contributed by atoms with E-state index in [1.807, 2.05) is 6.92 Å². The van der Waals surface area contributed by atoms with Gasteiger partial charge in [0.25, 0.3) is 11.8 Å². The molecule has 1 heterocycles. The normalized spacial score (nSPS) is 18.0. The molecule has 1 aliphatic heterocycles. The van der Waals surface area contributed by atoms with Crippen molar-refractivity contribution in [3.05, 3.63) is 29.8 Å². The zero-order valence-electron chi connectivity index (χ0n) is 12.1. The van der Waals surface area contributed by atoms with E-state index >= 15 is 0 Å². The number of morpholine rings is 1. The van der Waals surface area contributed by atoms with E-state index in [2.05, 4.69) is 16.0 Å². The molecule has 0 bridgehead atoms. The predicted octanol–water partition coefficient (Wildman–Crippen LogP) is 0.753. The highest BCUT2D eigenvalue weighted by Gasteiger charge is 2.23. The number of nitrogens with one attached hydrogen (secondary N) is 3. The molecule has 3 N–H and O–H groups in total. The van der Waals surface area contributed by atoms with Crippen LogP contribution in [0.25, 0.3) is 0 Å². The molecule has 2 amide bonds. The maximum absolute atomic E-state index is 12.1. The number of benzene rings is 1. The quantitative estimate of drug-likeness (QED) is 0.748. The van der Waals surface area contributed by atoms with Gasteiger partial charge in [0, 0.05) is 19.6 Å². The molecule has 1 unspecified atom stereocenters. The Labute approximate surface area is 124 Å². The lowest BCUT2D eigenvalue weighted by molar-refractivity contribution is -0.128. The van der Waals surface area contributed by atoms with Crippen molar-refractivity contribution in [2.75, 3.05) is 31.6 Å². The van der Waals surface area contributed by atoms with Crippen molar-refractivity contribution in [1.29, 1.82) is 0 Å². The molecule has 0 aromatic heterocycles. The van der Waals surface area contributed by atoms with Gasteiger partial charge in [-0.05, 0) is 18.6 Å². The fourth-order valence-electron chi connectivity index (χ4n) is 2.07. The zero-order valence-corrected chi connectivity index (χ0v) is 12.1. The molecule has 0 saturated carbocycles. The van der Waals surface area contributed by atoms with Crippen LogP contribution in [-0.2, 0) is 9.53 Å². The van der Waals surface area contributed by atoms with Crippen LogP contribution < -0.4 is 16.0 Å². The molecule has 0 spiro atoms. The highest BCUT2D eigenvalue weighted by molar-refractivity contribution is 6.04. The molecule has 6 nitrogen and oxygen atoms in total. The number of hydrogen-bond donors (Lipinski definition) is 3. The first-order chi connectivity index (χ1) is 10.2. The number of amides is 2. The Bertz CT molecular complexity index is 499. The molecule has 1 aromatic rings. The van der Waals surface area contributed by atoms with Crippen molar-refractivity contribution in [2.45, 2.75) is 19.4 Å². The Morgan fingerprint density at radius 3 is 2.90 bits per heavy atom. The van der Waals surface area contributed by atoms with Crippen LogP contribution in [-0.4, -0.2) is 44.2 Å². The first kappa shape index (κ1) is 15.5. The first-order valence-electron chi connectivity index (χ1n) is 7.22. The maximum atomic E-state index is 12.1. The average molecular weight is 291 g/mol. The Kier molecular flexibility index (Phi) is 5.71. The molecular weight excluding hydrogens is 270 g/mol. The number of carbonyl (C=O) groups is 2. The van der Waals surface area contributed by atoms with Gasteiger partial charge in [-0.15, -0.1) is 0 Å². The summed E-state index contributed by atoms with van der Waals surface area (Å²) in [5, 5.41) is 8.68. The van der Waals surface area contributed by atoms with E-state index < -0.39 is 6.10 Å². The van der Waals surface area contributed by atoms with Crippen LogP contribution >= 0.6 is 0 Å². The second kappa shape index (κ2) is 7.75. The molecular formula is C15H21N3O3. The van der Waals surface area contributed by atoms with Gasteiger partial charge in [0.15, 0.2) is 0 Å². The van der Waals surface area contributed by atoms with Gasteiger partial charge in [-0.3, -0.25) is 9.59 Å². The van der Waals surface area contributed by atoms with E-state index in [1.165, 1.54) is 0 Å². The summed E-state index contributed by atoms with van der Waals surface area (Å²) in [6.07, 6.45) is 0.340.